The summed E-state index contributed by atoms with van der Waals surface area (Å²) in [6.07, 6.45) is 0.564. The number of hydrogen-bond acceptors (Lipinski definition) is 8. The van der Waals surface area contributed by atoms with Crippen molar-refractivity contribution in [1.29, 1.82) is 0 Å². The Hall–Kier alpha value is -3.76. The molecule has 1 atom stereocenters. The molecule has 184 valence electrons. The minimum atomic E-state index is -1.03. The quantitative estimate of drug-likeness (QED) is 0.203. The summed E-state index contributed by atoms with van der Waals surface area (Å²) in [5.74, 6) is -2.45. The van der Waals surface area contributed by atoms with Gasteiger partial charge in [-0.2, -0.15) is 0 Å². The van der Waals surface area contributed by atoms with Crippen molar-refractivity contribution in [3.63, 3.8) is 0 Å². The summed E-state index contributed by atoms with van der Waals surface area (Å²) in [5.41, 5.74) is 0.684. The summed E-state index contributed by atoms with van der Waals surface area (Å²) in [6.45, 7) is 5.49. The van der Waals surface area contributed by atoms with Gasteiger partial charge in [0.25, 0.3) is 17.4 Å². The predicted octanol–water partition coefficient (Wildman–Crippen LogP) is 2.75. The number of ether oxygens (including phenoxy) is 1. The summed E-state index contributed by atoms with van der Waals surface area (Å²) in [6, 6.07) is 9.21. The molecule has 10 heteroatoms. The van der Waals surface area contributed by atoms with Gasteiger partial charge in [-0.25, -0.2) is 0 Å². The van der Waals surface area contributed by atoms with E-state index in [4.69, 9.17) is 4.74 Å². The highest BCUT2D eigenvalue weighted by Gasteiger charge is 2.46. The molecule has 0 radical (unpaired) electrons. The van der Waals surface area contributed by atoms with Crippen molar-refractivity contribution in [3.05, 3.63) is 74.8 Å². The zero-order valence-electron chi connectivity index (χ0n) is 19.3. The second kappa shape index (κ2) is 10.2. The number of nitro benzene ring substituents is 1. The lowest BCUT2D eigenvalue weighted by atomic mass is 9.94. The minimum absolute atomic E-state index is 0.0201. The average molecular weight is 482 g/mol. The molecule has 2 fully saturated rings. The lowest BCUT2D eigenvalue weighted by Gasteiger charge is -2.29. The molecule has 2 heterocycles. The highest BCUT2D eigenvalue weighted by molar-refractivity contribution is 6.46. The van der Waals surface area contributed by atoms with Gasteiger partial charge < -0.3 is 19.8 Å². The van der Waals surface area contributed by atoms with Crippen LogP contribution in [0.1, 0.15) is 29.2 Å². The Morgan fingerprint density at radius 3 is 2.60 bits per heavy atom. The number of phenols is 1. The van der Waals surface area contributed by atoms with Crippen LogP contribution in [0, 0.1) is 17.0 Å². The first-order valence-corrected chi connectivity index (χ1v) is 11.4. The van der Waals surface area contributed by atoms with Crippen LogP contribution < -0.4 is 0 Å². The van der Waals surface area contributed by atoms with Crippen molar-refractivity contribution in [2.45, 2.75) is 19.4 Å². The van der Waals surface area contributed by atoms with E-state index >= 15 is 0 Å². The molecule has 4 rings (SSSR count). The Kier molecular flexibility index (Phi) is 7.13. The van der Waals surface area contributed by atoms with E-state index < -0.39 is 28.4 Å². The zero-order valence-corrected chi connectivity index (χ0v) is 19.3. The third kappa shape index (κ3) is 5.03. The number of aromatic hydroxyl groups is 1. The molecule has 0 saturated carbocycles. The van der Waals surface area contributed by atoms with Gasteiger partial charge in [-0.1, -0.05) is 23.8 Å². The number of aliphatic hydroxyl groups excluding tert-OH is 1. The third-order valence-corrected chi connectivity index (χ3v) is 6.32. The van der Waals surface area contributed by atoms with Crippen molar-refractivity contribution in [1.82, 2.24) is 9.80 Å². The van der Waals surface area contributed by atoms with Gasteiger partial charge in [0.1, 0.15) is 11.5 Å². The van der Waals surface area contributed by atoms with Crippen LogP contribution in [0.5, 0.6) is 5.75 Å². The van der Waals surface area contributed by atoms with Gasteiger partial charge in [0.15, 0.2) is 0 Å². The third-order valence-electron chi connectivity index (χ3n) is 6.32. The standard InChI is InChI=1S/C25H27N3O7/c1-16-6-7-20(29)19(14-16)23(30)21-22(17-4-2-5-18(15-17)28(33)34)27(25(32)24(21)31)9-3-8-26-10-12-35-13-11-26/h2,4-7,14-15,22,29-30H,3,8-13H2,1H3/b23-21+. The lowest BCUT2D eigenvalue weighted by Crippen LogP contribution is -2.39. The Morgan fingerprint density at radius 1 is 1.14 bits per heavy atom. The Bertz CT molecular complexity index is 1190. The van der Waals surface area contributed by atoms with Crippen molar-refractivity contribution < 1.29 is 29.5 Å². The van der Waals surface area contributed by atoms with E-state index in [2.05, 4.69) is 4.90 Å². The lowest BCUT2D eigenvalue weighted by molar-refractivity contribution is -0.384. The molecular weight excluding hydrogens is 454 g/mol. The van der Waals surface area contributed by atoms with E-state index in [0.717, 1.165) is 18.7 Å². The van der Waals surface area contributed by atoms with Crippen LogP contribution in [-0.2, 0) is 14.3 Å². The summed E-state index contributed by atoms with van der Waals surface area (Å²) in [7, 11) is 0. The van der Waals surface area contributed by atoms with Crippen LogP contribution in [0.15, 0.2) is 48.0 Å². The van der Waals surface area contributed by atoms with Crippen LogP contribution in [-0.4, -0.2) is 76.0 Å². The number of carbonyl (C=O) groups excluding carboxylic acids is 2. The average Bonchev–Trinajstić information content (AvgIpc) is 3.11. The van der Waals surface area contributed by atoms with Crippen LogP contribution in [0.25, 0.3) is 5.76 Å². The number of rotatable bonds is 7. The number of hydrogen-bond donors (Lipinski definition) is 2. The second-order valence-corrected chi connectivity index (χ2v) is 8.67. The van der Waals surface area contributed by atoms with Gasteiger partial charge in [-0.15, -0.1) is 0 Å². The number of non-ortho nitro benzene ring substituents is 1. The molecule has 2 aliphatic rings. The van der Waals surface area contributed by atoms with Gasteiger partial charge in [0.05, 0.1) is 35.3 Å². The number of aryl methyl sites for hydroxylation is 1. The van der Waals surface area contributed by atoms with E-state index in [-0.39, 0.29) is 29.1 Å². The van der Waals surface area contributed by atoms with Crippen molar-refractivity contribution in [2.24, 2.45) is 0 Å². The molecule has 2 saturated heterocycles. The first-order valence-electron chi connectivity index (χ1n) is 11.4. The van der Waals surface area contributed by atoms with E-state index in [0.29, 0.717) is 31.7 Å². The molecule has 35 heavy (non-hydrogen) atoms. The number of benzene rings is 2. The normalized spacial score (nSPS) is 20.4. The molecule has 0 aromatic heterocycles. The molecule has 2 aliphatic heterocycles. The molecular formula is C25H27N3O7. The summed E-state index contributed by atoms with van der Waals surface area (Å²) >= 11 is 0. The summed E-state index contributed by atoms with van der Waals surface area (Å²) in [4.78, 5) is 40.6. The highest BCUT2D eigenvalue weighted by atomic mass is 16.6. The highest BCUT2D eigenvalue weighted by Crippen LogP contribution is 2.41. The maximum absolute atomic E-state index is 13.1. The predicted molar refractivity (Wildman–Crippen MR) is 127 cm³/mol. The molecule has 0 aliphatic carbocycles. The molecule has 2 aromatic carbocycles. The maximum atomic E-state index is 13.1. The number of Topliss-reactive ketones (excluding diaryl/α,β-unsaturated/α-hetero) is 1. The molecule has 2 N–H and O–H groups in total. The zero-order chi connectivity index (χ0) is 25.1. The minimum Gasteiger partial charge on any atom is -0.507 e. The smallest absolute Gasteiger partial charge is 0.295 e. The van der Waals surface area contributed by atoms with E-state index in [1.165, 1.54) is 35.2 Å². The largest absolute Gasteiger partial charge is 0.507 e. The molecule has 10 nitrogen and oxygen atoms in total. The van der Waals surface area contributed by atoms with Crippen LogP contribution in [0.3, 0.4) is 0 Å². The fraction of sp³-hybridized carbons (Fsp3) is 0.360. The fourth-order valence-electron chi connectivity index (χ4n) is 4.54. The first-order chi connectivity index (χ1) is 16.8. The van der Waals surface area contributed by atoms with Crippen LogP contribution in [0.2, 0.25) is 0 Å². The number of carbonyl (C=O) groups is 2. The van der Waals surface area contributed by atoms with Crippen molar-refractivity contribution in [2.75, 3.05) is 39.4 Å². The van der Waals surface area contributed by atoms with Gasteiger partial charge in [-0.05, 0) is 31.0 Å². The second-order valence-electron chi connectivity index (χ2n) is 8.67. The SMILES string of the molecule is Cc1ccc(O)c(/C(O)=C2\C(=O)C(=O)N(CCCN3CCOCC3)C2c2cccc([N+](=O)[O-])c2)c1. The monoisotopic (exact) mass is 481 g/mol. The fourth-order valence-corrected chi connectivity index (χ4v) is 4.54. The molecule has 0 bridgehead atoms. The van der Waals surface area contributed by atoms with E-state index in [1.54, 1.807) is 19.1 Å². The first kappa shape index (κ1) is 24.4. The summed E-state index contributed by atoms with van der Waals surface area (Å²) < 4.78 is 5.36. The number of nitrogens with zero attached hydrogens (tertiary/aromatic N) is 3. The molecule has 0 spiro atoms. The number of ketones is 1. The van der Waals surface area contributed by atoms with Crippen LogP contribution >= 0.6 is 0 Å². The van der Waals surface area contributed by atoms with Gasteiger partial charge in [0.2, 0.25) is 0 Å². The van der Waals surface area contributed by atoms with E-state index in [9.17, 15) is 29.9 Å². The van der Waals surface area contributed by atoms with Crippen molar-refractivity contribution in [3.8, 4) is 5.75 Å². The Balaban J connectivity index is 1.74. The number of amides is 1. The van der Waals surface area contributed by atoms with Gasteiger partial charge >= 0.3 is 0 Å². The number of likely N-dealkylation sites (tertiary alicyclic amines) is 1. The number of phenolic OH excluding ortho intramolecular Hbond substituents is 1. The molecule has 2 aromatic rings. The number of nitro groups is 1. The molecule has 1 amide bonds. The Morgan fingerprint density at radius 2 is 1.89 bits per heavy atom. The summed E-state index contributed by atoms with van der Waals surface area (Å²) in [5, 5.41) is 32.9. The molecule has 1 unspecified atom stereocenters. The Labute approximate surface area is 202 Å². The number of aliphatic hydroxyl groups is 1. The van der Waals surface area contributed by atoms with Gasteiger partial charge in [0, 0.05) is 38.3 Å². The van der Waals surface area contributed by atoms with Gasteiger partial charge in [-0.3, -0.25) is 24.6 Å². The topological polar surface area (TPSA) is 133 Å². The van der Waals surface area contributed by atoms with E-state index in [1.807, 2.05) is 0 Å². The maximum Gasteiger partial charge on any atom is 0.295 e. The number of morpholine rings is 1. The van der Waals surface area contributed by atoms with Crippen LogP contribution in [0.4, 0.5) is 5.69 Å². The van der Waals surface area contributed by atoms with Crippen molar-refractivity contribution >= 4 is 23.1 Å².